The maximum atomic E-state index is 12.6. The number of benzene rings is 3. The molecule has 0 fully saturated rings. The molecule has 2 atom stereocenters. The fourth-order valence-electron chi connectivity index (χ4n) is 3.14. The number of carbonyl (C=O) groups excluding carboxylic acids is 2. The molecule has 0 aliphatic heterocycles. The van der Waals surface area contributed by atoms with Crippen LogP contribution in [0.15, 0.2) is 84.9 Å². The number of anilines is 1. The summed E-state index contributed by atoms with van der Waals surface area (Å²) in [6, 6.07) is 27.2. The van der Waals surface area contributed by atoms with Crippen molar-refractivity contribution in [3.8, 4) is 11.1 Å². The molecule has 0 radical (unpaired) electrons. The van der Waals surface area contributed by atoms with Crippen molar-refractivity contribution in [2.24, 2.45) is 0 Å². The van der Waals surface area contributed by atoms with Crippen LogP contribution in [0.25, 0.3) is 11.1 Å². The molecule has 0 saturated heterocycles. The molecule has 0 aliphatic carbocycles. The summed E-state index contributed by atoms with van der Waals surface area (Å²) in [5.41, 5.74) is 3.67. The van der Waals surface area contributed by atoms with Crippen LogP contribution in [0.4, 0.5) is 5.69 Å². The van der Waals surface area contributed by atoms with Crippen LogP contribution in [0.1, 0.15) is 31.7 Å². The minimum Gasteiger partial charge on any atom is -0.453 e. The van der Waals surface area contributed by atoms with Crippen LogP contribution >= 0.6 is 0 Å². The van der Waals surface area contributed by atoms with Gasteiger partial charge in [0.1, 0.15) is 0 Å². The molecule has 4 nitrogen and oxygen atoms in total. The highest BCUT2D eigenvalue weighted by Crippen LogP contribution is 2.27. The van der Waals surface area contributed by atoms with Crippen LogP contribution < -0.4 is 5.32 Å². The van der Waals surface area contributed by atoms with E-state index in [0.29, 0.717) is 5.69 Å². The Labute approximate surface area is 171 Å². The van der Waals surface area contributed by atoms with Gasteiger partial charge in [-0.3, -0.25) is 9.59 Å². The second-order valence-electron chi connectivity index (χ2n) is 7.05. The van der Waals surface area contributed by atoms with E-state index in [1.54, 1.807) is 6.92 Å². The van der Waals surface area contributed by atoms with Crippen LogP contribution in [-0.4, -0.2) is 18.0 Å². The first-order valence-corrected chi connectivity index (χ1v) is 9.74. The molecule has 0 unspecified atom stereocenters. The number of rotatable bonds is 7. The Balaban J connectivity index is 1.61. The van der Waals surface area contributed by atoms with Gasteiger partial charge < -0.3 is 10.1 Å². The zero-order chi connectivity index (χ0) is 20.6. The topological polar surface area (TPSA) is 55.4 Å². The molecule has 148 valence electrons. The van der Waals surface area contributed by atoms with Crippen LogP contribution in [0.2, 0.25) is 0 Å². The zero-order valence-electron chi connectivity index (χ0n) is 16.7. The lowest BCUT2D eigenvalue weighted by molar-refractivity contribution is -0.153. The van der Waals surface area contributed by atoms with E-state index < -0.39 is 6.10 Å². The second-order valence-corrected chi connectivity index (χ2v) is 7.05. The van der Waals surface area contributed by atoms with Gasteiger partial charge in [0.2, 0.25) is 0 Å². The van der Waals surface area contributed by atoms with Gasteiger partial charge in [0.25, 0.3) is 5.91 Å². The number of hydrogen-bond acceptors (Lipinski definition) is 3. The number of ether oxygens (including phenoxy) is 1. The molecule has 0 aromatic heterocycles. The summed E-state index contributed by atoms with van der Waals surface area (Å²) in [7, 11) is 0. The third kappa shape index (κ3) is 5.55. The van der Waals surface area contributed by atoms with E-state index in [-0.39, 0.29) is 24.2 Å². The lowest BCUT2D eigenvalue weighted by Gasteiger charge is -2.17. The summed E-state index contributed by atoms with van der Waals surface area (Å²) in [5.74, 6) is -0.716. The minimum absolute atomic E-state index is 0.0257. The normalized spacial score (nSPS) is 12.6. The maximum Gasteiger partial charge on any atom is 0.307 e. The van der Waals surface area contributed by atoms with Crippen molar-refractivity contribution in [1.82, 2.24) is 0 Å². The van der Waals surface area contributed by atoms with Gasteiger partial charge in [0, 0.05) is 11.3 Å². The largest absolute Gasteiger partial charge is 0.453 e. The van der Waals surface area contributed by atoms with Crippen molar-refractivity contribution in [2.45, 2.75) is 32.3 Å². The number of carbonyl (C=O) groups is 2. The van der Waals surface area contributed by atoms with Gasteiger partial charge in [-0.2, -0.15) is 0 Å². The first kappa shape index (κ1) is 20.3. The monoisotopic (exact) mass is 387 g/mol. The molecule has 1 amide bonds. The summed E-state index contributed by atoms with van der Waals surface area (Å²) in [6.07, 6.45) is -0.656. The van der Waals surface area contributed by atoms with E-state index in [2.05, 4.69) is 5.32 Å². The van der Waals surface area contributed by atoms with Crippen molar-refractivity contribution in [3.05, 3.63) is 90.5 Å². The lowest BCUT2D eigenvalue weighted by atomic mass is 9.98. The quantitative estimate of drug-likeness (QED) is 0.551. The summed E-state index contributed by atoms with van der Waals surface area (Å²) >= 11 is 0. The van der Waals surface area contributed by atoms with Crippen molar-refractivity contribution in [1.29, 1.82) is 0 Å². The van der Waals surface area contributed by atoms with E-state index in [9.17, 15) is 9.59 Å². The number of hydrogen-bond donors (Lipinski definition) is 1. The molecule has 0 bridgehead atoms. The van der Waals surface area contributed by atoms with Crippen molar-refractivity contribution in [2.75, 3.05) is 5.32 Å². The van der Waals surface area contributed by atoms with E-state index in [4.69, 9.17) is 4.74 Å². The Kier molecular flexibility index (Phi) is 6.80. The summed E-state index contributed by atoms with van der Waals surface area (Å²) in [5, 5.41) is 2.88. The van der Waals surface area contributed by atoms with Crippen molar-refractivity contribution in [3.63, 3.8) is 0 Å². The molecule has 0 spiro atoms. The van der Waals surface area contributed by atoms with E-state index in [0.717, 1.165) is 16.7 Å². The molecule has 1 N–H and O–H groups in total. The highest BCUT2D eigenvalue weighted by Gasteiger charge is 2.21. The van der Waals surface area contributed by atoms with Crippen LogP contribution in [0.5, 0.6) is 0 Å². The first-order valence-electron chi connectivity index (χ1n) is 9.74. The summed E-state index contributed by atoms with van der Waals surface area (Å²) in [4.78, 5) is 24.9. The molecule has 4 heteroatoms. The van der Waals surface area contributed by atoms with Gasteiger partial charge >= 0.3 is 5.97 Å². The number of nitrogens with one attached hydrogen (secondary N) is 1. The summed E-state index contributed by atoms with van der Waals surface area (Å²) in [6.45, 7) is 3.56. The molecule has 3 aromatic rings. The van der Waals surface area contributed by atoms with Gasteiger partial charge in [0.15, 0.2) is 6.10 Å². The van der Waals surface area contributed by atoms with E-state index in [1.165, 1.54) is 0 Å². The van der Waals surface area contributed by atoms with Crippen molar-refractivity contribution >= 4 is 17.6 Å². The Morgan fingerprint density at radius 2 is 1.41 bits per heavy atom. The average molecular weight is 387 g/mol. The predicted molar refractivity (Wildman–Crippen MR) is 116 cm³/mol. The molecule has 0 aliphatic rings. The fourth-order valence-corrected chi connectivity index (χ4v) is 3.14. The Hall–Kier alpha value is -3.40. The third-order valence-electron chi connectivity index (χ3n) is 4.79. The number of esters is 1. The maximum absolute atomic E-state index is 12.6. The van der Waals surface area contributed by atoms with E-state index >= 15 is 0 Å². The Morgan fingerprint density at radius 3 is 2.10 bits per heavy atom. The Morgan fingerprint density at radius 1 is 0.828 bits per heavy atom. The van der Waals surface area contributed by atoms with Gasteiger partial charge in [0.05, 0.1) is 6.42 Å². The number of para-hydroxylation sites is 1. The van der Waals surface area contributed by atoms with Crippen LogP contribution in [0, 0.1) is 0 Å². The zero-order valence-corrected chi connectivity index (χ0v) is 16.7. The van der Waals surface area contributed by atoms with Crippen LogP contribution in [0.3, 0.4) is 0 Å². The average Bonchev–Trinajstić information content (AvgIpc) is 2.75. The standard InChI is InChI=1S/C25H25NO3/c1-18(20-11-5-3-6-12-20)17-24(27)29-19(2)25(28)26-23-16-10-9-15-22(23)21-13-7-4-8-14-21/h3-16,18-19H,17H2,1-2H3,(H,26,28)/t18-,19+/m0/s1. The SMILES string of the molecule is C[C@@H](OC(=O)C[C@H](C)c1ccccc1)C(=O)Nc1ccccc1-c1ccccc1. The molecule has 3 rings (SSSR count). The van der Waals surface area contributed by atoms with Gasteiger partial charge in [-0.25, -0.2) is 0 Å². The molecule has 29 heavy (non-hydrogen) atoms. The molecule has 0 heterocycles. The molecule has 0 saturated carbocycles. The van der Waals surface area contributed by atoms with Crippen LogP contribution in [-0.2, 0) is 14.3 Å². The van der Waals surface area contributed by atoms with Gasteiger partial charge in [-0.1, -0.05) is 85.8 Å². The Bertz CT molecular complexity index is 954. The summed E-state index contributed by atoms with van der Waals surface area (Å²) < 4.78 is 5.37. The predicted octanol–water partition coefficient (Wildman–Crippen LogP) is 5.42. The van der Waals surface area contributed by atoms with Gasteiger partial charge in [-0.05, 0) is 30.0 Å². The minimum atomic E-state index is -0.880. The fraction of sp³-hybridized carbons (Fsp3) is 0.200. The highest BCUT2D eigenvalue weighted by atomic mass is 16.5. The highest BCUT2D eigenvalue weighted by molar-refractivity contribution is 5.98. The molecular weight excluding hydrogens is 362 g/mol. The van der Waals surface area contributed by atoms with Gasteiger partial charge in [-0.15, -0.1) is 0 Å². The molecular formula is C25H25NO3. The number of amides is 1. The van der Waals surface area contributed by atoms with Crippen molar-refractivity contribution < 1.29 is 14.3 Å². The van der Waals surface area contributed by atoms with E-state index in [1.807, 2.05) is 91.9 Å². The smallest absolute Gasteiger partial charge is 0.307 e. The molecule has 3 aromatic carbocycles. The lowest BCUT2D eigenvalue weighted by Crippen LogP contribution is -2.30. The second kappa shape index (κ2) is 9.69. The third-order valence-corrected chi connectivity index (χ3v) is 4.79. The first-order chi connectivity index (χ1) is 14.0.